The fourth-order valence-corrected chi connectivity index (χ4v) is 2.68. The molecule has 2 aromatic rings. The van der Waals surface area contributed by atoms with Crippen molar-refractivity contribution in [1.82, 2.24) is 0 Å². The summed E-state index contributed by atoms with van der Waals surface area (Å²) in [5, 5.41) is 0. The van der Waals surface area contributed by atoms with E-state index in [1.54, 1.807) is 0 Å². The molecular formula is C18H14O2. The molecule has 2 nitrogen and oxygen atoms in total. The summed E-state index contributed by atoms with van der Waals surface area (Å²) in [7, 11) is 0. The van der Waals surface area contributed by atoms with Crippen molar-refractivity contribution in [2.45, 2.75) is 6.10 Å². The Morgan fingerprint density at radius 1 is 0.900 bits per heavy atom. The quantitative estimate of drug-likeness (QED) is 0.765. The third kappa shape index (κ3) is 1.81. The Kier molecular flexibility index (Phi) is 2.59. The summed E-state index contributed by atoms with van der Waals surface area (Å²) in [6, 6.07) is 14.2. The predicted octanol–water partition coefficient (Wildman–Crippen LogP) is 4.24. The first kappa shape index (κ1) is 11.4. The van der Waals surface area contributed by atoms with Crippen molar-refractivity contribution >= 4 is 12.2 Å². The summed E-state index contributed by atoms with van der Waals surface area (Å²) in [5.41, 5.74) is 3.39. The molecule has 0 aromatic heterocycles. The SMILES string of the molecule is C1=Cc2c(cccc2C2C=Cc3ccccc3O2)OC1. The molecular weight excluding hydrogens is 248 g/mol. The maximum absolute atomic E-state index is 6.11. The minimum absolute atomic E-state index is 0.0637. The first-order chi connectivity index (χ1) is 9.92. The van der Waals surface area contributed by atoms with E-state index >= 15 is 0 Å². The summed E-state index contributed by atoms with van der Waals surface area (Å²) >= 11 is 0. The second-order valence-electron chi connectivity index (χ2n) is 4.91. The minimum atomic E-state index is -0.0637. The van der Waals surface area contributed by atoms with Gasteiger partial charge in [-0.15, -0.1) is 0 Å². The van der Waals surface area contributed by atoms with Gasteiger partial charge in [0.15, 0.2) is 0 Å². The zero-order chi connectivity index (χ0) is 13.4. The number of hydrogen-bond acceptors (Lipinski definition) is 2. The highest BCUT2D eigenvalue weighted by Crippen LogP contribution is 2.37. The van der Waals surface area contributed by atoms with Crippen LogP contribution in [0.4, 0.5) is 0 Å². The number of fused-ring (bicyclic) bond motifs is 2. The molecule has 0 bridgehead atoms. The Labute approximate surface area is 118 Å². The number of rotatable bonds is 1. The molecule has 0 saturated carbocycles. The Morgan fingerprint density at radius 3 is 2.80 bits per heavy atom. The molecule has 1 unspecified atom stereocenters. The van der Waals surface area contributed by atoms with E-state index in [2.05, 4.69) is 30.4 Å². The van der Waals surface area contributed by atoms with E-state index in [0.29, 0.717) is 6.61 Å². The summed E-state index contributed by atoms with van der Waals surface area (Å²) in [5.74, 6) is 1.86. The maximum atomic E-state index is 6.11. The fraction of sp³-hybridized carbons (Fsp3) is 0.111. The van der Waals surface area contributed by atoms with Crippen molar-refractivity contribution < 1.29 is 9.47 Å². The molecule has 0 spiro atoms. The van der Waals surface area contributed by atoms with Crippen LogP contribution in [0.1, 0.15) is 22.8 Å². The molecule has 2 heterocycles. The molecule has 0 fully saturated rings. The van der Waals surface area contributed by atoms with E-state index in [1.807, 2.05) is 36.4 Å². The second kappa shape index (κ2) is 4.57. The fourth-order valence-electron chi connectivity index (χ4n) is 2.68. The van der Waals surface area contributed by atoms with Gasteiger partial charge in [0.1, 0.15) is 24.2 Å². The maximum Gasteiger partial charge on any atom is 0.143 e. The molecule has 0 aliphatic carbocycles. The number of ether oxygens (including phenoxy) is 2. The third-order valence-electron chi connectivity index (χ3n) is 3.65. The van der Waals surface area contributed by atoms with Gasteiger partial charge in [0.2, 0.25) is 0 Å². The zero-order valence-corrected chi connectivity index (χ0v) is 11.0. The van der Waals surface area contributed by atoms with Gasteiger partial charge in [-0.1, -0.05) is 42.5 Å². The highest BCUT2D eigenvalue weighted by Gasteiger charge is 2.21. The average molecular weight is 262 g/mol. The molecule has 2 aliphatic rings. The monoisotopic (exact) mass is 262 g/mol. The largest absolute Gasteiger partial charge is 0.489 e. The Hall–Kier alpha value is -2.48. The average Bonchev–Trinajstić information content (AvgIpc) is 2.54. The summed E-state index contributed by atoms with van der Waals surface area (Å²) in [4.78, 5) is 0. The van der Waals surface area contributed by atoms with Crippen molar-refractivity contribution in [1.29, 1.82) is 0 Å². The van der Waals surface area contributed by atoms with Crippen LogP contribution in [-0.4, -0.2) is 6.61 Å². The minimum Gasteiger partial charge on any atom is -0.489 e. The molecule has 98 valence electrons. The van der Waals surface area contributed by atoms with Crippen LogP contribution in [0.25, 0.3) is 12.2 Å². The molecule has 2 aromatic carbocycles. The predicted molar refractivity (Wildman–Crippen MR) is 79.8 cm³/mol. The first-order valence-electron chi connectivity index (χ1n) is 6.78. The van der Waals surface area contributed by atoms with Crippen LogP contribution in [-0.2, 0) is 0 Å². The lowest BCUT2D eigenvalue weighted by atomic mass is 9.97. The van der Waals surface area contributed by atoms with Gasteiger partial charge < -0.3 is 9.47 Å². The summed E-state index contributed by atoms with van der Waals surface area (Å²) < 4.78 is 11.8. The molecule has 0 N–H and O–H groups in total. The summed E-state index contributed by atoms with van der Waals surface area (Å²) in [6.45, 7) is 0.640. The van der Waals surface area contributed by atoms with Crippen molar-refractivity contribution in [2.75, 3.05) is 6.61 Å². The van der Waals surface area contributed by atoms with Gasteiger partial charge in [0, 0.05) is 16.7 Å². The Bertz CT molecular complexity index is 713. The third-order valence-corrected chi connectivity index (χ3v) is 3.65. The lowest BCUT2D eigenvalue weighted by molar-refractivity contribution is 0.250. The lowest BCUT2D eigenvalue weighted by Gasteiger charge is -2.25. The summed E-state index contributed by atoms with van der Waals surface area (Å²) in [6.07, 6.45) is 8.31. The van der Waals surface area contributed by atoms with Gasteiger partial charge >= 0.3 is 0 Å². The Balaban J connectivity index is 1.76. The van der Waals surface area contributed by atoms with E-state index in [1.165, 1.54) is 0 Å². The highest BCUT2D eigenvalue weighted by atomic mass is 16.5. The Morgan fingerprint density at radius 2 is 1.80 bits per heavy atom. The highest BCUT2D eigenvalue weighted by molar-refractivity contribution is 5.66. The molecule has 0 radical (unpaired) electrons. The van der Waals surface area contributed by atoms with Crippen LogP contribution in [0, 0.1) is 0 Å². The second-order valence-corrected chi connectivity index (χ2v) is 4.91. The smallest absolute Gasteiger partial charge is 0.143 e. The van der Waals surface area contributed by atoms with Crippen molar-refractivity contribution in [3.63, 3.8) is 0 Å². The molecule has 0 amide bonds. The molecule has 20 heavy (non-hydrogen) atoms. The van der Waals surface area contributed by atoms with Crippen molar-refractivity contribution in [3.05, 3.63) is 71.3 Å². The molecule has 0 saturated heterocycles. The van der Waals surface area contributed by atoms with E-state index in [0.717, 1.165) is 28.2 Å². The van der Waals surface area contributed by atoms with Crippen LogP contribution in [0.2, 0.25) is 0 Å². The van der Waals surface area contributed by atoms with Crippen LogP contribution in [0.3, 0.4) is 0 Å². The van der Waals surface area contributed by atoms with Gasteiger partial charge in [0.05, 0.1) is 0 Å². The number of benzene rings is 2. The van der Waals surface area contributed by atoms with E-state index in [-0.39, 0.29) is 6.10 Å². The van der Waals surface area contributed by atoms with Gasteiger partial charge in [-0.05, 0) is 24.3 Å². The van der Waals surface area contributed by atoms with E-state index < -0.39 is 0 Å². The molecule has 1 atom stereocenters. The first-order valence-corrected chi connectivity index (χ1v) is 6.78. The zero-order valence-electron chi connectivity index (χ0n) is 11.0. The van der Waals surface area contributed by atoms with Crippen molar-refractivity contribution in [2.24, 2.45) is 0 Å². The standard InChI is InChI=1S/C18H14O2/c1-2-8-16-13(5-1)10-11-18(20-16)15-6-3-9-17-14(15)7-4-12-19-17/h1-11,18H,12H2. The van der Waals surface area contributed by atoms with Crippen LogP contribution < -0.4 is 9.47 Å². The molecule has 2 aliphatic heterocycles. The van der Waals surface area contributed by atoms with Crippen LogP contribution in [0.15, 0.2) is 54.6 Å². The normalized spacial score (nSPS) is 18.7. The van der Waals surface area contributed by atoms with Crippen LogP contribution in [0.5, 0.6) is 11.5 Å². The number of hydrogen-bond donors (Lipinski definition) is 0. The van der Waals surface area contributed by atoms with E-state index in [9.17, 15) is 0 Å². The van der Waals surface area contributed by atoms with Gasteiger partial charge in [-0.2, -0.15) is 0 Å². The van der Waals surface area contributed by atoms with E-state index in [4.69, 9.17) is 9.47 Å². The number of para-hydroxylation sites is 1. The van der Waals surface area contributed by atoms with Crippen molar-refractivity contribution in [3.8, 4) is 11.5 Å². The lowest BCUT2D eigenvalue weighted by Crippen LogP contribution is -2.12. The van der Waals surface area contributed by atoms with Gasteiger partial charge in [0.25, 0.3) is 0 Å². The van der Waals surface area contributed by atoms with Gasteiger partial charge in [-0.25, -0.2) is 0 Å². The van der Waals surface area contributed by atoms with Gasteiger partial charge in [-0.3, -0.25) is 0 Å². The van der Waals surface area contributed by atoms with Crippen LogP contribution >= 0.6 is 0 Å². The molecule has 2 heteroatoms. The topological polar surface area (TPSA) is 18.5 Å². The molecule has 4 rings (SSSR count).